The minimum atomic E-state index is -1.89. The molecular weight excluding hydrogens is 398 g/mol. The summed E-state index contributed by atoms with van der Waals surface area (Å²) in [4.78, 5) is 40.5. The van der Waals surface area contributed by atoms with Gasteiger partial charge in [-0.2, -0.15) is 0 Å². The Bertz CT molecular complexity index is 794. The normalized spacial score (nSPS) is 26.2. The van der Waals surface area contributed by atoms with Gasteiger partial charge >= 0.3 is 12.1 Å². The van der Waals surface area contributed by atoms with Gasteiger partial charge in [0.25, 0.3) is 11.5 Å². The number of amides is 2. The maximum Gasteiger partial charge on any atom is 0.417 e. The summed E-state index contributed by atoms with van der Waals surface area (Å²) in [5.74, 6) is -1.96. The number of carbonyl (C=O) groups excluding carboxylic acids is 3. The van der Waals surface area contributed by atoms with Crippen molar-refractivity contribution in [3.8, 4) is 0 Å². The van der Waals surface area contributed by atoms with Gasteiger partial charge in [-0.15, -0.1) is 0 Å². The summed E-state index contributed by atoms with van der Waals surface area (Å²) >= 11 is 5.91. The van der Waals surface area contributed by atoms with Crippen molar-refractivity contribution in [3.63, 3.8) is 0 Å². The van der Waals surface area contributed by atoms with Gasteiger partial charge in [0.15, 0.2) is 0 Å². The molecular formula is C20H26ClN3O5. The molecule has 0 bridgehead atoms. The van der Waals surface area contributed by atoms with Gasteiger partial charge in [0, 0.05) is 36.9 Å². The average molecular weight is 424 g/mol. The second-order valence-corrected chi connectivity index (χ2v) is 8.02. The van der Waals surface area contributed by atoms with Crippen LogP contribution in [0.1, 0.15) is 33.1 Å². The number of carbonyl (C=O) groups is 3. The van der Waals surface area contributed by atoms with E-state index in [1.54, 1.807) is 6.92 Å². The molecule has 2 fully saturated rings. The molecule has 0 saturated carbocycles. The van der Waals surface area contributed by atoms with Crippen molar-refractivity contribution in [2.24, 2.45) is 5.73 Å². The van der Waals surface area contributed by atoms with Gasteiger partial charge in [0.2, 0.25) is 0 Å². The molecule has 2 heterocycles. The highest BCUT2D eigenvalue weighted by molar-refractivity contribution is 6.30. The molecule has 3 rings (SSSR count). The van der Waals surface area contributed by atoms with E-state index in [4.69, 9.17) is 26.8 Å². The van der Waals surface area contributed by atoms with Crippen LogP contribution in [-0.2, 0) is 19.1 Å². The van der Waals surface area contributed by atoms with Crippen molar-refractivity contribution in [1.82, 2.24) is 4.90 Å². The van der Waals surface area contributed by atoms with Crippen molar-refractivity contribution >= 4 is 35.3 Å². The number of hydrogen-bond acceptors (Lipinski definition) is 6. The Labute approximate surface area is 174 Å². The number of rotatable bonds is 6. The fraction of sp³-hybridized carbons (Fsp3) is 0.550. The van der Waals surface area contributed by atoms with E-state index in [9.17, 15) is 14.4 Å². The molecule has 0 radical (unpaired) electrons. The number of primary amides is 1. The second kappa shape index (κ2) is 8.20. The summed E-state index contributed by atoms with van der Waals surface area (Å²) in [6, 6.07) is 7.45. The third kappa shape index (κ3) is 4.04. The number of esters is 1. The second-order valence-electron chi connectivity index (χ2n) is 7.59. The highest BCUT2D eigenvalue weighted by atomic mass is 35.5. The Kier molecular flexibility index (Phi) is 6.05. The summed E-state index contributed by atoms with van der Waals surface area (Å²) in [5, 5.41) is 0.658. The summed E-state index contributed by atoms with van der Waals surface area (Å²) in [6.07, 6.45) is 1.33. The largest absolute Gasteiger partial charge is 0.417 e. The van der Waals surface area contributed by atoms with Gasteiger partial charge in [-0.25, -0.2) is 9.59 Å². The number of hydrogen-bond donors (Lipinski definition) is 1. The van der Waals surface area contributed by atoms with Crippen LogP contribution in [0.5, 0.6) is 0 Å². The van der Waals surface area contributed by atoms with Crippen molar-refractivity contribution < 1.29 is 23.9 Å². The molecule has 0 aromatic heterocycles. The van der Waals surface area contributed by atoms with Crippen LogP contribution in [0.3, 0.4) is 0 Å². The number of nitrogens with two attached hydrogens (primary N) is 1. The first-order valence-corrected chi connectivity index (χ1v) is 10.1. The van der Waals surface area contributed by atoms with Crippen LogP contribution >= 0.6 is 11.6 Å². The molecule has 2 saturated heterocycles. The van der Waals surface area contributed by atoms with Crippen LogP contribution in [-0.4, -0.2) is 60.3 Å². The number of epoxide rings is 1. The molecule has 158 valence electrons. The Morgan fingerprint density at radius 2 is 1.79 bits per heavy atom. The Morgan fingerprint density at radius 1 is 1.17 bits per heavy atom. The van der Waals surface area contributed by atoms with E-state index in [0.717, 1.165) is 18.5 Å². The van der Waals surface area contributed by atoms with E-state index in [-0.39, 0.29) is 0 Å². The predicted octanol–water partition coefficient (Wildman–Crippen LogP) is 2.33. The molecule has 9 heteroatoms. The molecule has 2 aliphatic heterocycles. The monoisotopic (exact) mass is 423 g/mol. The first kappa shape index (κ1) is 21.4. The van der Waals surface area contributed by atoms with E-state index in [0.29, 0.717) is 37.6 Å². The lowest BCUT2D eigenvalue weighted by atomic mass is 9.89. The zero-order chi connectivity index (χ0) is 21.2. The first-order valence-electron chi connectivity index (χ1n) is 9.75. The van der Waals surface area contributed by atoms with Crippen molar-refractivity contribution in [1.29, 1.82) is 0 Å². The lowest BCUT2D eigenvalue weighted by molar-refractivity contribution is -0.148. The molecule has 1 aromatic rings. The van der Waals surface area contributed by atoms with Gasteiger partial charge in [-0.3, -0.25) is 4.79 Å². The van der Waals surface area contributed by atoms with E-state index in [2.05, 4.69) is 4.90 Å². The molecule has 2 amide bonds. The molecule has 0 aliphatic carbocycles. The summed E-state index contributed by atoms with van der Waals surface area (Å²) in [5.41, 5.74) is 3.51. The molecule has 8 nitrogen and oxygen atoms in total. The molecule has 2 aliphatic rings. The van der Waals surface area contributed by atoms with Gasteiger partial charge < -0.3 is 25.0 Å². The fourth-order valence-corrected chi connectivity index (χ4v) is 3.86. The number of nitrogens with zero attached hydrogens (tertiary/aromatic N) is 2. The minimum absolute atomic E-state index is 0.381. The summed E-state index contributed by atoms with van der Waals surface area (Å²) in [7, 11) is 0. The Morgan fingerprint density at radius 3 is 2.34 bits per heavy atom. The number of anilines is 1. The van der Waals surface area contributed by atoms with E-state index >= 15 is 0 Å². The highest BCUT2D eigenvalue weighted by Crippen LogP contribution is 2.52. The fourth-order valence-electron chi connectivity index (χ4n) is 3.74. The first-order chi connectivity index (χ1) is 13.7. The third-order valence-electron chi connectivity index (χ3n) is 5.63. The molecule has 2 atom stereocenters. The van der Waals surface area contributed by atoms with E-state index in [1.807, 2.05) is 31.2 Å². The van der Waals surface area contributed by atoms with Crippen molar-refractivity contribution in [2.75, 3.05) is 31.1 Å². The molecule has 0 spiro atoms. The van der Waals surface area contributed by atoms with Crippen LogP contribution < -0.4 is 10.6 Å². The lowest BCUT2D eigenvalue weighted by Crippen LogP contribution is -2.52. The maximum absolute atomic E-state index is 12.6. The predicted molar refractivity (Wildman–Crippen MR) is 108 cm³/mol. The number of ether oxygens (including phenoxy) is 2. The molecule has 29 heavy (non-hydrogen) atoms. The van der Waals surface area contributed by atoms with Gasteiger partial charge in [0.05, 0.1) is 0 Å². The van der Waals surface area contributed by atoms with Crippen molar-refractivity contribution in [3.05, 3.63) is 29.3 Å². The number of unbranched alkanes of at least 4 members (excludes halogenated alkanes) is 1. The van der Waals surface area contributed by atoms with Crippen molar-refractivity contribution in [2.45, 2.75) is 44.3 Å². The minimum Gasteiger partial charge on any atom is -0.373 e. The van der Waals surface area contributed by atoms with Crippen LogP contribution in [0.4, 0.5) is 10.5 Å². The number of piperazine rings is 1. The van der Waals surface area contributed by atoms with Crippen LogP contribution in [0, 0.1) is 0 Å². The standard InChI is InChI=1S/C20H26ClN3O5/c1-3-4-9-19(2)20(29-19,16(22)25)17(26)28-18(27)24-12-10-23(11-13-24)15-7-5-14(21)6-8-15/h5-8H,3-4,9-13H2,1-2H3,(H2,22,25). The van der Waals surface area contributed by atoms with Crippen LogP contribution in [0.2, 0.25) is 5.02 Å². The van der Waals surface area contributed by atoms with E-state index in [1.165, 1.54) is 4.90 Å². The zero-order valence-electron chi connectivity index (χ0n) is 16.7. The molecule has 2 unspecified atom stereocenters. The number of halogens is 1. The Hall–Kier alpha value is -2.32. The Balaban J connectivity index is 1.57. The SMILES string of the molecule is CCCCC1(C)OC1(C(N)=O)C(=O)OC(=O)N1CCN(c2ccc(Cl)cc2)CC1. The summed E-state index contributed by atoms with van der Waals surface area (Å²) < 4.78 is 10.4. The summed E-state index contributed by atoms with van der Waals surface area (Å²) in [6.45, 7) is 5.55. The topological polar surface area (TPSA) is 105 Å². The quantitative estimate of drug-likeness (QED) is 0.427. The van der Waals surface area contributed by atoms with Gasteiger partial charge in [-0.05, 0) is 37.6 Å². The van der Waals surface area contributed by atoms with Crippen LogP contribution in [0.25, 0.3) is 0 Å². The number of benzene rings is 1. The third-order valence-corrected chi connectivity index (χ3v) is 5.88. The van der Waals surface area contributed by atoms with Gasteiger partial charge in [0.1, 0.15) is 5.60 Å². The van der Waals surface area contributed by atoms with E-state index < -0.39 is 29.2 Å². The smallest absolute Gasteiger partial charge is 0.373 e. The maximum atomic E-state index is 12.6. The molecule has 1 aromatic carbocycles. The average Bonchev–Trinajstić information content (AvgIpc) is 3.35. The lowest BCUT2D eigenvalue weighted by Gasteiger charge is -2.35. The van der Waals surface area contributed by atoms with Gasteiger partial charge in [-0.1, -0.05) is 31.4 Å². The van der Waals surface area contributed by atoms with Crippen LogP contribution in [0.15, 0.2) is 24.3 Å². The highest BCUT2D eigenvalue weighted by Gasteiger charge is 2.77. The molecule has 2 N–H and O–H groups in total. The zero-order valence-corrected chi connectivity index (χ0v) is 17.4.